The van der Waals surface area contributed by atoms with Gasteiger partial charge >= 0.3 is 0 Å². The molecule has 1 fully saturated rings. The molecule has 1 aliphatic heterocycles. The Morgan fingerprint density at radius 2 is 1.85 bits per heavy atom. The van der Waals surface area contributed by atoms with E-state index < -0.39 is 17.6 Å². The SMILES string of the molecule is C=C1CCN(c2ncc(/C(C)=C(F)/C=c3/nc(C)c(Cl)c(C(=C)[C@H](C)c4cc(C#N)ccc4F)c3=C)cn2)CC1. The lowest BCUT2D eigenvalue weighted by molar-refractivity contribution is 0.606. The van der Waals surface area contributed by atoms with Crippen molar-refractivity contribution in [2.75, 3.05) is 18.0 Å². The van der Waals surface area contributed by atoms with E-state index in [9.17, 15) is 9.65 Å². The second-order valence-corrected chi connectivity index (χ2v) is 10.3. The van der Waals surface area contributed by atoms with E-state index in [2.05, 4.69) is 39.6 Å². The summed E-state index contributed by atoms with van der Waals surface area (Å²) in [6, 6.07) is 6.18. The van der Waals surface area contributed by atoms with Crippen molar-refractivity contribution in [2.45, 2.75) is 39.5 Å². The van der Waals surface area contributed by atoms with Crippen molar-refractivity contribution in [3.63, 3.8) is 0 Å². The van der Waals surface area contributed by atoms with Crippen LogP contribution in [0.3, 0.4) is 0 Å². The molecule has 0 spiro atoms. The number of nitriles is 1. The van der Waals surface area contributed by atoms with E-state index in [4.69, 9.17) is 11.6 Å². The zero-order chi connectivity index (χ0) is 29.1. The maximum absolute atomic E-state index is 15.5. The van der Waals surface area contributed by atoms with Crippen LogP contribution in [-0.4, -0.2) is 28.0 Å². The van der Waals surface area contributed by atoms with Gasteiger partial charge in [0.2, 0.25) is 5.95 Å². The van der Waals surface area contributed by atoms with E-state index in [-0.39, 0.29) is 5.35 Å². The van der Waals surface area contributed by atoms with Crippen LogP contribution in [0.5, 0.6) is 0 Å². The molecule has 0 bridgehead atoms. The molecule has 2 aromatic heterocycles. The van der Waals surface area contributed by atoms with Crippen LogP contribution < -0.4 is 15.5 Å². The van der Waals surface area contributed by atoms with Gasteiger partial charge in [-0.1, -0.05) is 43.8 Å². The first kappa shape index (κ1) is 28.8. The Morgan fingerprint density at radius 3 is 2.48 bits per heavy atom. The number of nitrogens with zero attached hydrogens (tertiary/aromatic N) is 5. The van der Waals surface area contributed by atoms with Crippen molar-refractivity contribution in [3.8, 4) is 6.07 Å². The number of benzene rings is 1. The Labute approximate surface area is 238 Å². The number of aromatic nitrogens is 3. The summed E-state index contributed by atoms with van der Waals surface area (Å²) in [5.74, 6) is -0.910. The molecule has 3 aromatic rings. The summed E-state index contributed by atoms with van der Waals surface area (Å²) in [5.41, 5.74) is 4.15. The highest BCUT2D eigenvalue weighted by molar-refractivity contribution is 6.33. The smallest absolute Gasteiger partial charge is 0.225 e. The van der Waals surface area contributed by atoms with Gasteiger partial charge < -0.3 is 4.90 Å². The first-order chi connectivity index (χ1) is 19.0. The molecule has 40 heavy (non-hydrogen) atoms. The molecule has 0 aliphatic carbocycles. The quantitative estimate of drug-likeness (QED) is 0.328. The third kappa shape index (κ3) is 5.88. The first-order valence-electron chi connectivity index (χ1n) is 12.9. The summed E-state index contributed by atoms with van der Waals surface area (Å²) < 4.78 is 30.2. The van der Waals surface area contributed by atoms with Gasteiger partial charge in [0.1, 0.15) is 11.6 Å². The molecule has 3 heterocycles. The van der Waals surface area contributed by atoms with Gasteiger partial charge in [0, 0.05) is 53.8 Å². The summed E-state index contributed by atoms with van der Waals surface area (Å²) >= 11 is 6.62. The van der Waals surface area contributed by atoms with Gasteiger partial charge in [-0.05, 0) is 61.6 Å². The van der Waals surface area contributed by atoms with E-state index >= 15 is 4.39 Å². The number of anilines is 1. The van der Waals surface area contributed by atoms with E-state index in [0.717, 1.165) is 25.9 Å². The number of aryl methyl sites for hydroxylation is 1. The molecule has 1 aromatic carbocycles. The largest absolute Gasteiger partial charge is 0.340 e. The molecule has 1 atom stereocenters. The third-order valence-corrected chi connectivity index (χ3v) is 7.78. The molecule has 1 saturated heterocycles. The zero-order valence-electron chi connectivity index (χ0n) is 22.9. The average Bonchev–Trinajstić information content (AvgIpc) is 2.96. The Hall–Kier alpha value is -4.15. The van der Waals surface area contributed by atoms with Crippen LogP contribution in [0.4, 0.5) is 14.7 Å². The number of piperidine rings is 1. The van der Waals surface area contributed by atoms with Gasteiger partial charge in [0.05, 0.1) is 27.7 Å². The molecule has 0 unspecified atom stereocenters. The molecular formula is C32H30ClF2N5. The Bertz CT molecular complexity index is 1680. The van der Waals surface area contributed by atoms with Crippen molar-refractivity contribution >= 4 is 41.4 Å². The monoisotopic (exact) mass is 557 g/mol. The number of pyridine rings is 1. The number of hydrogen-bond acceptors (Lipinski definition) is 5. The van der Waals surface area contributed by atoms with E-state index in [1.165, 1.54) is 29.8 Å². The second kappa shape index (κ2) is 11.9. The molecule has 0 amide bonds. The van der Waals surface area contributed by atoms with Crippen LogP contribution >= 0.6 is 11.6 Å². The van der Waals surface area contributed by atoms with Crippen LogP contribution in [0, 0.1) is 24.1 Å². The molecule has 0 N–H and O–H groups in total. The minimum atomic E-state index is -0.531. The van der Waals surface area contributed by atoms with Crippen molar-refractivity contribution < 1.29 is 8.78 Å². The highest BCUT2D eigenvalue weighted by atomic mass is 35.5. The van der Waals surface area contributed by atoms with Crippen molar-refractivity contribution in [2.24, 2.45) is 0 Å². The summed E-state index contributed by atoms with van der Waals surface area (Å²) in [6.45, 7) is 19.1. The number of halogens is 3. The third-order valence-electron chi connectivity index (χ3n) is 7.32. The highest BCUT2D eigenvalue weighted by Gasteiger charge is 2.21. The topological polar surface area (TPSA) is 65.7 Å². The molecule has 204 valence electrons. The lowest BCUT2D eigenvalue weighted by Crippen LogP contribution is -2.32. The fraction of sp³-hybridized carbons (Fsp3) is 0.250. The Balaban J connectivity index is 1.69. The number of hydrogen-bond donors (Lipinski definition) is 0. The first-order valence-corrected chi connectivity index (χ1v) is 13.3. The van der Waals surface area contributed by atoms with E-state index in [0.29, 0.717) is 55.3 Å². The summed E-state index contributed by atoms with van der Waals surface area (Å²) in [4.78, 5) is 15.5. The van der Waals surface area contributed by atoms with Gasteiger partial charge in [-0.15, -0.1) is 0 Å². The minimum absolute atomic E-state index is 0.277. The fourth-order valence-electron chi connectivity index (χ4n) is 4.61. The summed E-state index contributed by atoms with van der Waals surface area (Å²) in [6.07, 6.45) is 6.33. The molecule has 4 rings (SSSR count). The predicted molar refractivity (Wildman–Crippen MR) is 158 cm³/mol. The van der Waals surface area contributed by atoms with Gasteiger partial charge in [-0.3, -0.25) is 4.98 Å². The van der Waals surface area contributed by atoms with Gasteiger partial charge in [-0.2, -0.15) is 5.26 Å². The summed E-state index contributed by atoms with van der Waals surface area (Å²) in [5, 5.41) is 10.2. The Kier molecular flexibility index (Phi) is 8.61. The lowest BCUT2D eigenvalue weighted by Gasteiger charge is -2.27. The zero-order valence-corrected chi connectivity index (χ0v) is 23.6. The molecular weight excluding hydrogens is 528 g/mol. The van der Waals surface area contributed by atoms with Crippen LogP contribution in [0.25, 0.3) is 23.8 Å². The predicted octanol–water partition coefficient (Wildman–Crippen LogP) is 6.41. The van der Waals surface area contributed by atoms with Gasteiger partial charge in [0.15, 0.2) is 0 Å². The normalized spacial score (nSPS) is 15.5. The Morgan fingerprint density at radius 1 is 1.20 bits per heavy atom. The van der Waals surface area contributed by atoms with Gasteiger partial charge in [-0.25, -0.2) is 18.7 Å². The van der Waals surface area contributed by atoms with Crippen molar-refractivity contribution in [3.05, 3.63) is 105 Å². The maximum Gasteiger partial charge on any atom is 0.225 e. The molecule has 0 saturated carbocycles. The molecule has 5 nitrogen and oxygen atoms in total. The number of allylic oxidation sites excluding steroid dienone is 3. The highest BCUT2D eigenvalue weighted by Crippen LogP contribution is 2.34. The van der Waals surface area contributed by atoms with Crippen LogP contribution in [0.2, 0.25) is 5.02 Å². The van der Waals surface area contributed by atoms with E-state index in [1.54, 1.807) is 33.2 Å². The average molecular weight is 558 g/mol. The maximum atomic E-state index is 15.5. The van der Waals surface area contributed by atoms with Crippen LogP contribution in [-0.2, 0) is 0 Å². The number of rotatable bonds is 6. The fourth-order valence-corrected chi connectivity index (χ4v) is 4.89. The van der Waals surface area contributed by atoms with Crippen LogP contribution in [0.15, 0.2) is 55.2 Å². The van der Waals surface area contributed by atoms with Gasteiger partial charge in [0.25, 0.3) is 0 Å². The van der Waals surface area contributed by atoms with E-state index in [1.807, 2.05) is 6.07 Å². The van der Waals surface area contributed by atoms with Crippen molar-refractivity contribution in [1.82, 2.24) is 15.0 Å². The summed E-state index contributed by atoms with van der Waals surface area (Å²) in [7, 11) is 0. The second-order valence-electron chi connectivity index (χ2n) is 9.97. The van der Waals surface area contributed by atoms with Crippen LogP contribution in [0.1, 0.15) is 60.6 Å². The standard InChI is InChI=1S/C32H30ClF2N5/c1-18-9-11-40(12-10-18)32-37-16-25(17-38-32)21(4)28(35)14-29-22(5)30(31(33)23(6)39-29)20(3)19(2)26-13-24(15-36)7-8-27(26)34/h7-8,13-14,16-17,19H,1,3,5,9-12H2,2,4,6H3/b28-21-,29-14+/t19-/m0/s1. The lowest BCUT2D eigenvalue weighted by atomic mass is 9.87. The minimum Gasteiger partial charge on any atom is -0.340 e. The molecule has 0 radical (unpaired) electrons. The molecule has 8 heteroatoms. The van der Waals surface area contributed by atoms with Crippen molar-refractivity contribution in [1.29, 1.82) is 5.26 Å². The molecule has 1 aliphatic rings.